The summed E-state index contributed by atoms with van der Waals surface area (Å²) in [6.45, 7) is 5.93. The topological polar surface area (TPSA) is 17.1 Å². The molecule has 0 spiro atoms. The van der Waals surface area contributed by atoms with Crippen LogP contribution in [0.25, 0.3) is 0 Å². The molecule has 0 bridgehead atoms. The third kappa shape index (κ3) is 2.41. The van der Waals surface area contributed by atoms with Gasteiger partial charge in [0.05, 0.1) is 0 Å². The van der Waals surface area contributed by atoms with E-state index in [1.54, 1.807) is 0 Å². The molecule has 0 aliphatic carbocycles. The van der Waals surface area contributed by atoms with Crippen molar-refractivity contribution in [2.75, 3.05) is 0 Å². The summed E-state index contributed by atoms with van der Waals surface area (Å²) in [7, 11) is 0. The van der Waals surface area contributed by atoms with Gasteiger partial charge in [-0.1, -0.05) is 43.7 Å². The fraction of sp³-hybridized carbons (Fsp3) is 0.417. The van der Waals surface area contributed by atoms with Gasteiger partial charge in [-0.2, -0.15) is 0 Å². The number of hydrogen-bond acceptors (Lipinski definition) is 1. The zero-order chi connectivity index (χ0) is 9.84. The van der Waals surface area contributed by atoms with Crippen LogP contribution in [0, 0.1) is 6.92 Å². The van der Waals surface area contributed by atoms with Crippen LogP contribution in [0.5, 0.6) is 0 Å². The van der Waals surface area contributed by atoms with Crippen LogP contribution >= 0.6 is 0 Å². The second-order valence-electron chi connectivity index (χ2n) is 3.46. The molecule has 1 rings (SSSR count). The van der Waals surface area contributed by atoms with E-state index >= 15 is 0 Å². The van der Waals surface area contributed by atoms with E-state index in [9.17, 15) is 4.79 Å². The smallest absolute Gasteiger partial charge is 0.139 e. The van der Waals surface area contributed by atoms with E-state index in [1.807, 2.05) is 39.0 Å². The van der Waals surface area contributed by atoms with Crippen LogP contribution in [-0.2, 0) is 4.79 Å². The van der Waals surface area contributed by atoms with Crippen molar-refractivity contribution < 1.29 is 4.79 Å². The average molecular weight is 176 g/mol. The Morgan fingerprint density at radius 1 is 1.46 bits per heavy atom. The van der Waals surface area contributed by atoms with Crippen LogP contribution in [-0.4, -0.2) is 5.78 Å². The number of ketones is 1. The second kappa shape index (κ2) is 4.22. The zero-order valence-electron chi connectivity index (χ0n) is 8.50. The SMILES string of the molecule is CCC(=O)[C@H](C)c1cccc(C)c1. The van der Waals surface area contributed by atoms with Crippen LogP contribution in [0.2, 0.25) is 0 Å². The zero-order valence-corrected chi connectivity index (χ0v) is 8.50. The fourth-order valence-electron chi connectivity index (χ4n) is 1.43. The van der Waals surface area contributed by atoms with Crippen molar-refractivity contribution in [1.82, 2.24) is 0 Å². The van der Waals surface area contributed by atoms with Crippen molar-refractivity contribution in [2.24, 2.45) is 0 Å². The lowest BCUT2D eigenvalue weighted by Gasteiger charge is -2.09. The quantitative estimate of drug-likeness (QED) is 0.691. The molecule has 0 fully saturated rings. The number of carbonyl (C=O) groups is 1. The molecule has 1 aromatic carbocycles. The molecule has 0 heterocycles. The molecule has 0 saturated carbocycles. The van der Waals surface area contributed by atoms with Gasteiger partial charge in [-0.05, 0) is 12.5 Å². The van der Waals surface area contributed by atoms with Gasteiger partial charge in [0.25, 0.3) is 0 Å². The number of hydrogen-bond donors (Lipinski definition) is 0. The molecule has 1 heteroatoms. The first-order valence-electron chi connectivity index (χ1n) is 4.74. The highest BCUT2D eigenvalue weighted by molar-refractivity contribution is 5.85. The molecule has 0 aliphatic rings. The Bertz CT molecular complexity index is 302. The predicted octanol–water partition coefficient (Wildman–Crippen LogP) is 3.08. The Labute approximate surface area is 79.8 Å². The summed E-state index contributed by atoms with van der Waals surface area (Å²) in [4.78, 5) is 11.4. The molecule has 0 saturated heterocycles. The highest BCUT2D eigenvalue weighted by atomic mass is 16.1. The number of aryl methyl sites for hydroxylation is 1. The normalized spacial score (nSPS) is 12.5. The first kappa shape index (κ1) is 9.97. The minimum Gasteiger partial charge on any atom is -0.299 e. The standard InChI is InChI=1S/C12H16O/c1-4-12(13)10(3)11-7-5-6-9(2)8-11/h5-8,10H,4H2,1-3H3/t10-/m1/s1. The van der Waals surface area contributed by atoms with Crippen LogP contribution in [0.3, 0.4) is 0 Å². The third-order valence-corrected chi connectivity index (χ3v) is 2.37. The summed E-state index contributed by atoms with van der Waals surface area (Å²) in [5.74, 6) is 0.357. The van der Waals surface area contributed by atoms with Gasteiger partial charge in [0, 0.05) is 12.3 Å². The molecule has 0 radical (unpaired) electrons. The van der Waals surface area contributed by atoms with Gasteiger partial charge in [-0.25, -0.2) is 0 Å². The largest absolute Gasteiger partial charge is 0.299 e. The number of Topliss-reactive ketones (excluding diaryl/α,β-unsaturated/α-hetero) is 1. The number of rotatable bonds is 3. The van der Waals surface area contributed by atoms with E-state index in [0.29, 0.717) is 12.2 Å². The molecule has 0 N–H and O–H groups in total. The third-order valence-electron chi connectivity index (χ3n) is 2.37. The first-order chi connectivity index (χ1) is 6.15. The first-order valence-corrected chi connectivity index (χ1v) is 4.74. The summed E-state index contributed by atoms with van der Waals surface area (Å²) in [5.41, 5.74) is 2.35. The van der Waals surface area contributed by atoms with Crippen LogP contribution in [0.1, 0.15) is 37.3 Å². The van der Waals surface area contributed by atoms with Gasteiger partial charge in [0.15, 0.2) is 0 Å². The van der Waals surface area contributed by atoms with Gasteiger partial charge in [-0.3, -0.25) is 4.79 Å². The van der Waals surface area contributed by atoms with E-state index in [2.05, 4.69) is 6.07 Å². The summed E-state index contributed by atoms with van der Waals surface area (Å²) in [6.07, 6.45) is 0.620. The molecule has 1 atom stereocenters. The Morgan fingerprint density at radius 3 is 2.69 bits per heavy atom. The molecule has 0 unspecified atom stereocenters. The average Bonchev–Trinajstić information content (AvgIpc) is 2.15. The van der Waals surface area contributed by atoms with Crippen molar-refractivity contribution in [2.45, 2.75) is 33.1 Å². The molecule has 70 valence electrons. The Kier molecular flexibility index (Phi) is 3.24. The maximum atomic E-state index is 11.4. The van der Waals surface area contributed by atoms with E-state index in [1.165, 1.54) is 5.56 Å². The van der Waals surface area contributed by atoms with Gasteiger partial charge < -0.3 is 0 Å². The lowest BCUT2D eigenvalue weighted by atomic mass is 9.94. The molecule has 0 aliphatic heterocycles. The molecular weight excluding hydrogens is 160 g/mol. The number of carbonyl (C=O) groups excluding carboxylic acids is 1. The fourth-order valence-corrected chi connectivity index (χ4v) is 1.43. The minimum absolute atomic E-state index is 0.0462. The Hall–Kier alpha value is -1.11. The van der Waals surface area contributed by atoms with E-state index < -0.39 is 0 Å². The summed E-state index contributed by atoms with van der Waals surface area (Å²) in [5, 5.41) is 0. The monoisotopic (exact) mass is 176 g/mol. The van der Waals surface area contributed by atoms with Crippen LogP contribution < -0.4 is 0 Å². The van der Waals surface area contributed by atoms with Crippen molar-refractivity contribution in [3.05, 3.63) is 35.4 Å². The highest BCUT2D eigenvalue weighted by Crippen LogP contribution is 2.18. The summed E-state index contributed by atoms with van der Waals surface area (Å²) >= 11 is 0. The van der Waals surface area contributed by atoms with E-state index in [4.69, 9.17) is 0 Å². The maximum Gasteiger partial charge on any atom is 0.139 e. The van der Waals surface area contributed by atoms with E-state index in [-0.39, 0.29) is 5.92 Å². The van der Waals surface area contributed by atoms with Crippen molar-refractivity contribution in [3.63, 3.8) is 0 Å². The molecule has 0 aromatic heterocycles. The van der Waals surface area contributed by atoms with E-state index in [0.717, 1.165) is 5.56 Å². The van der Waals surface area contributed by atoms with Crippen molar-refractivity contribution in [1.29, 1.82) is 0 Å². The van der Waals surface area contributed by atoms with Gasteiger partial charge in [0.1, 0.15) is 5.78 Å². The Morgan fingerprint density at radius 2 is 2.15 bits per heavy atom. The van der Waals surface area contributed by atoms with Gasteiger partial charge >= 0.3 is 0 Å². The molecule has 0 amide bonds. The molecule has 13 heavy (non-hydrogen) atoms. The van der Waals surface area contributed by atoms with Crippen molar-refractivity contribution in [3.8, 4) is 0 Å². The van der Waals surface area contributed by atoms with Gasteiger partial charge in [-0.15, -0.1) is 0 Å². The molecule has 1 aromatic rings. The van der Waals surface area contributed by atoms with Crippen LogP contribution in [0.4, 0.5) is 0 Å². The molecule has 1 nitrogen and oxygen atoms in total. The second-order valence-corrected chi connectivity index (χ2v) is 3.46. The molecular formula is C12H16O. The van der Waals surface area contributed by atoms with Crippen LogP contribution in [0.15, 0.2) is 24.3 Å². The predicted molar refractivity (Wildman–Crippen MR) is 54.9 cm³/mol. The maximum absolute atomic E-state index is 11.4. The minimum atomic E-state index is 0.0462. The summed E-state index contributed by atoms with van der Waals surface area (Å²) < 4.78 is 0. The summed E-state index contributed by atoms with van der Waals surface area (Å²) in [6, 6.07) is 8.15. The number of benzene rings is 1. The van der Waals surface area contributed by atoms with Crippen molar-refractivity contribution >= 4 is 5.78 Å². The highest BCUT2D eigenvalue weighted by Gasteiger charge is 2.12. The lowest BCUT2D eigenvalue weighted by molar-refractivity contribution is -0.119. The van der Waals surface area contributed by atoms with Gasteiger partial charge in [0.2, 0.25) is 0 Å². The Balaban J connectivity index is 2.88. The lowest BCUT2D eigenvalue weighted by Crippen LogP contribution is -2.07.